The number of esters is 1. The van der Waals surface area contributed by atoms with Gasteiger partial charge in [0.15, 0.2) is 5.82 Å². The number of benzene rings is 3. The maximum Gasteiger partial charge on any atom is 0.308 e. The van der Waals surface area contributed by atoms with E-state index in [4.69, 9.17) is 9.73 Å². The van der Waals surface area contributed by atoms with E-state index in [0.29, 0.717) is 5.82 Å². The largest absolute Gasteiger partial charge is 0.469 e. The third-order valence-electron chi connectivity index (χ3n) is 7.07. The molecule has 0 unspecified atom stereocenters. The number of carbonyl (C=O) groups is 1. The van der Waals surface area contributed by atoms with Crippen molar-refractivity contribution < 1.29 is 9.53 Å². The SMILES string of the molecule is COC(=O)C[C@@H]1N=C(c2ccc(-c3ccc4ccccc4c3)cc2)c2c(sc(C)c2C)-n2c(C)nnc21. The van der Waals surface area contributed by atoms with Crippen LogP contribution in [0.4, 0.5) is 0 Å². The van der Waals surface area contributed by atoms with Gasteiger partial charge in [-0.1, -0.05) is 60.7 Å². The Kier molecular flexibility index (Phi) is 5.72. The van der Waals surface area contributed by atoms with Gasteiger partial charge in [0.1, 0.15) is 16.9 Å². The molecular formula is C30H26N4O2S. The van der Waals surface area contributed by atoms with Gasteiger partial charge in [-0.2, -0.15) is 0 Å². The fourth-order valence-corrected chi connectivity index (χ4v) is 6.17. The van der Waals surface area contributed by atoms with Gasteiger partial charge < -0.3 is 4.74 Å². The average Bonchev–Trinajstić information content (AvgIpc) is 3.40. The van der Waals surface area contributed by atoms with Crippen LogP contribution in [0.3, 0.4) is 0 Å². The molecule has 0 bridgehead atoms. The van der Waals surface area contributed by atoms with E-state index < -0.39 is 6.04 Å². The molecule has 0 saturated heterocycles. The lowest BCUT2D eigenvalue weighted by molar-refractivity contribution is -0.141. The lowest BCUT2D eigenvalue weighted by Gasteiger charge is -2.12. The molecule has 3 heterocycles. The predicted octanol–water partition coefficient (Wildman–Crippen LogP) is 6.53. The van der Waals surface area contributed by atoms with Crippen molar-refractivity contribution >= 4 is 33.8 Å². The monoisotopic (exact) mass is 506 g/mol. The maximum absolute atomic E-state index is 12.3. The summed E-state index contributed by atoms with van der Waals surface area (Å²) in [5.74, 6) is 1.11. The topological polar surface area (TPSA) is 69.4 Å². The number of thiophene rings is 1. The standard InChI is InChI=1S/C30H26N4O2S/c1-17-18(2)37-30-27(17)28(31-25(16-26(35)36-4)29-33-32-19(3)34(29)30)22-12-9-21(10-13-22)24-14-11-20-7-5-6-8-23(20)15-24/h5-15,25H,16H2,1-4H3/t25-/m0/s1. The van der Waals surface area contributed by atoms with Crippen LogP contribution in [0, 0.1) is 20.8 Å². The number of aromatic nitrogens is 3. The summed E-state index contributed by atoms with van der Waals surface area (Å²) in [6, 6.07) is 23.0. The second kappa shape index (κ2) is 9.09. The zero-order valence-corrected chi connectivity index (χ0v) is 22.0. The smallest absolute Gasteiger partial charge is 0.308 e. The molecule has 0 spiro atoms. The van der Waals surface area contributed by atoms with Crippen molar-refractivity contribution in [2.45, 2.75) is 33.2 Å². The van der Waals surface area contributed by atoms with E-state index >= 15 is 0 Å². The van der Waals surface area contributed by atoms with E-state index in [1.54, 1.807) is 11.3 Å². The van der Waals surface area contributed by atoms with Crippen LogP contribution >= 0.6 is 11.3 Å². The summed E-state index contributed by atoms with van der Waals surface area (Å²) in [7, 11) is 1.40. The van der Waals surface area contributed by atoms with Crippen molar-refractivity contribution in [1.82, 2.24) is 14.8 Å². The molecule has 0 saturated carbocycles. The fourth-order valence-electron chi connectivity index (χ4n) is 4.96. The molecule has 0 aliphatic carbocycles. The lowest BCUT2D eigenvalue weighted by Crippen LogP contribution is -2.12. The molecule has 0 N–H and O–H groups in total. The first-order valence-corrected chi connectivity index (χ1v) is 13.0. The van der Waals surface area contributed by atoms with Gasteiger partial charge in [0.25, 0.3) is 0 Å². The van der Waals surface area contributed by atoms with Crippen LogP contribution in [0.5, 0.6) is 0 Å². The minimum Gasteiger partial charge on any atom is -0.469 e. The Bertz CT molecular complexity index is 1690. The third kappa shape index (κ3) is 3.96. The zero-order valence-electron chi connectivity index (χ0n) is 21.1. The van der Waals surface area contributed by atoms with E-state index in [1.807, 2.05) is 11.5 Å². The van der Waals surface area contributed by atoms with E-state index in [9.17, 15) is 4.79 Å². The number of methoxy groups -OCH3 is 1. The van der Waals surface area contributed by atoms with Crippen molar-refractivity contribution in [1.29, 1.82) is 0 Å². The average molecular weight is 507 g/mol. The van der Waals surface area contributed by atoms with Crippen molar-refractivity contribution in [2.24, 2.45) is 4.99 Å². The Morgan fingerprint density at radius 1 is 0.919 bits per heavy atom. The van der Waals surface area contributed by atoms with Crippen molar-refractivity contribution in [2.75, 3.05) is 7.11 Å². The Labute approximate surface area is 219 Å². The highest BCUT2D eigenvalue weighted by Gasteiger charge is 2.32. The Morgan fingerprint density at radius 3 is 2.38 bits per heavy atom. The number of hydrogen-bond donors (Lipinski definition) is 0. The molecule has 1 atom stereocenters. The summed E-state index contributed by atoms with van der Waals surface area (Å²) in [5.41, 5.74) is 6.41. The molecule has 184 valence electrons. The van der Waals surface area contributed by atoms with Gasteiger partial charge in [0, 0.05) is 16.0 Å². The summed E-state index contributed by atoms with van der Waals surface area (Å²) in [6.45, 7) is 6.19. The molecule has 6 nitrogen and oxygen atoms in total. The highest BCUT2D eigenvalue weighted by atomic mass is 32.1. The van der Waals surface area contributed by atoms with Crippen LogP contribution in [0.1, 0.15) is 45.7 Å². The third-order valence-corrected chi connectivity index (χ3v) is 8.26. The van der Waals surface area contributed by atoms with Crippen LogP contribution in [0.2, 0.25) is 0 Å². The minimum absolute atomic E-state index is 0.0975. The van der Waals surface area contributed by atoms with Crippen LogP contribution < -0.4 is 0 Å². The van der Waals surface area contributed by atoms with E-state index in [1.165, 1.54) is 33.9 Å². The van der Waals surface area contributed by atoms with Crippen LogP contribution in [0.25, 0.3) is 26.9 Å². The van der Waals surface area contributed by atoms with E-state index in [-0.39, 0.29) is 12.4 Å². The van der Waals surface area contributed by atoms with Crippen LogP contribution in [-0.2, 0) is 9.53 Å². The van der Waals surface area contributed by atoms with Crippen molar-refractivity contribution in [3.63, 3.8) is 0 Å². The second-order valence-electron chi connectivity index (χ2n) is 9.32. The molecule has 0 amide bonds. The number of ether oxygens (including phenoxy) is 1. The van der Waals surface area contributed by atoms with Gasteiger partial charge in [-0.05, 0) is 54.3 Å². The molecule has 1 aliphatic heterocycles. The Morgan fingerprint density at radius 2 is 1.62 bits per heavy atom. The summed E-state index contributed by atoms with van der Waals surface area (Å²) >= 11 is 1.70. The molecule has 0 fully saturated rings. The number of aliphatic imine (C=N–C) groups is 1. The highest BCUT2D eigenvalue weighted by Crippen LogP contribution is 2.39. The minimum atomic E-state index is -0.497. The quantitative estimate of drug-likeness (QED) is 0.260. The first kappa shape index (κ1) is 23.3. The molecule has 5 aromatic rings. The van der Waals surface area contributed by atoms with Gasteiger partial charge in [-0.25, -0.2) is 0 Å². The second-order valence-corrected chi connectivity index (χ2v) is 10.5. The predicted molar refractivity (Wildman–Crippen MR) is 148 cm³/mol. The Hall–Kier alpha value is -4.10. The molecule has 1 aliphatic rings. The highest BCUT2D eigenvalue weighted by molar-refractivity contribution is 7.15. The van der Waals surface area contributed by atoms with Crippen LogP contribution in [0.15, 0.2) is 71.7 Å². The molecule has 0 radical (unpaired) electrons. The van der Waals surface area contributed by atoms with E-state index in [0.717, 1.165) is 33.2 Å². The van der Waals surface area contributed by atoms with E-state index in [2.05, 4.69) is 90.8 Å². The van der Waals surface area contributed by atoms with Crippen molar-refractivity contribution in [3.05, 3.63) is 99.9 Å². The maximum atomic E-state index is 12.3. The van der Waals surface area contributed by atoms with Gasteiger partial charge in [-0.3, -0.25) is 14.4 Å². The van der Waals surface area contributed by atoms with Gasteiger partial charge in [-0.15, -0.1) is 21.5 Å². The summed E-state index contributed by atoms with van der Waals surface area (Å²) in [6.07, 6.45) is 0.0975. The lowest BCUT2D eigenvalue weighted by atomic mass is 9.96. The number of rotatable bonds is 4. The summed E-state index contributed by atoms with van der Waals surface area (Å²) in [5, 5.41) is 12.2. The Balaban J connectivity index is 1.48. The van der Waals surface area contributed by atoms with Gasteiger partial charge in [0.05, 0.1) is 19.2 Å². The van der Waals surface area contributed by atoms with Gasteiger partial charge in [0.2, 0.25) is 0 Å². The van der Waals surface area contributed by atoms with Crippen molar-refractivity contribution in [3.8, 4) is 16.1 Å². The number of aryl methyl sites for hydroxylation is 2. The molecule has 7 heteroatoms. The number of carbonyl (C=O) groups excluding carboxylic acids is 1. The zero-order chi connectivity index (χ0) is 25.7. The number of nitrogens with zero attached hydrogens (tertiary/aromatic N) is 4. The molecule has 6 rings (SSSR count). The first-order valence-electron chi connectivity index (χ1n) is 12.2. The fraction of sp³-hybridized carbons (Fsp3) is 0.200. The summed E-state index contributed by atoms with van der Waals surface area (Å²) in [4.78, 5) is 18.7. The molecule has 37 heavy (non-hydrogen) atoms. The number of hydrogen-bond acceptors (Lipinski definition) is 6. The normalized spacial score (nSPS) is 14.6. The molecule has 2 aromatic heterocycles. The summed E-state index contributed by atoms with van der Waals surface area (Å²) < 4.78 is 7.04. The molecule has 3 aromatic carbocycles. The molecular weight excluding hydrogens is 480 g/mol. The first-order chi connectivity index (χ1) is 17.9. The van der Waals surface area contributed by atoms with Gasteiger partial charge >= 0.3 is 5.97 Å². The van der Waals surface area contributed by atoms with Crippen LogP contribution in [-0.4, -0.2) is 33.6 Å². The number of fused-ring (bicyclic) bond motifs is 4.